The Kier molecular flexibility index (Phi) is 5.07. The van der Waals surface area contributed by atoms with E-state index >= 15 is 0 Å². The minimum atomic E-state index is -0.517. The second-order valence-electron chi connectivity index (χ2n) is 6.34. The van der Waals surface area contributed by atoms with Crippen molar-refractivity contribution in [3.63, 3.8) is 0 Å². The van der Waals surface area contributed by atoms with E-state index in [1.54, 1.807) is 43.2 Å². The predicted octanol–water partition coefficient (Wildman–Crippen LogP) is 2.45. The van der Waals surface area contributed by atoms with Crippen LogP contribution in [-0.4, -0.2) is 36.4 Å². The lowest BCUT2D eigenvalue weighted by atomic mass is 10.1. The Balaban J connectivity index is 1.69. The number of nitrogens with one attached hydrogen (secondary N) is 1. The topological polar surface area (TPSA) is 102 Å². The molecule has 2 amide bonds. The molecule has 1 aliphatic heterocycles. The summed E-state index contributed by atoms with van der Waals surface area (Å²) in [6.07, 6.45) is 0.172. The molecule has 1 fully saturated rings. The molecule has 0 radical (unpaired) electrons. The highest BCUT2D eigenvalue weighted by Crippen LogP contribution is 2.25. The van der Waals surface area contributed by atoms with E-state index in [1.165, 1.54) is 18.2 Å². The van der Waals surface area contributed by atoms with Crippen molar-refractivity contribution in [1.29, 1.82) is 0 Å². The summed E-state index contributed by atoms with van der Waals surface area (Å²) in [5.41, 5.74) is 1.30. The van der Waals surface area contributed by atoms with Crippen molar-refractivity contribution in [1.82, 2.24) is 5.32 Å². The lowest BCUT2D eigenvalue weighted by molar-refractivity contribution is -0.385. The number of hydrogen-bond acceptors (Lipinski definition) is 5. The molecule has 8 nitrogen and oxygen atoms in total. The van der Waals surface area contributed by atoms with Crippen LogP contribution in [0, 0.1) is 17.0 Å². The van der Waals surface area contributed by atoms with Crippen molar-refractivity contribution < 1.29 is 19.2 Å². The third kappa shape index (κ3) is 3.89. The Hall–Kier alpha value is -3.42. The summed E-state index contributed by atoms with van der Waals surface area (Å²) in [7, 11) is 1.57. The maximum atomic E-state index is 12.4. The highest BCUT2D eigenvalue weighted by molar-refractivity contribution is 5.99. The summed E-state index contributed by atoms with van der Waals surface area (Å²) >= 11 is 0. The number of carbonyl (C=O) groups excluding carboxylic acids is 2. The molecule has 27 heavy (non-hydrogen) atoms. The molecule has 0 aromatic heterocycles. The van der Waals surface area contributed by atoms with Crippen LogP contribution in [0.1, 0.15) is 22.3 Å². The van der Waals surface area contributed by atoms with Crippen LogP contribution in [0.3, 0.4) is 0 Å². The number of ether oxygens (including phenoxy) is 1. The van der Waals surface area contributed by atoms with Crippen molar-refractivity contribution in [2.24, 2.45) is 0 Å². The number of carbonyl (C=O) groups is 2. The number of anilines is 1. The molecular formula is C19H19N3O5. The van der Waals surface area contributed by atoms with Gasteiger partial charge in [-0.15, -0.1) is 0 Å². The molecule has 2 aromatic rings. The lowest BCUT2D eigenvalue weighted by Crippen LogP contribution is -2.37. The Labute approximate surface area is 155 Å². The Morgan fingerprint density at radius 3 is 2.59 bits per heavy atom. The van der Waals surface area contributed by atoms with Gasteiger partial charge in [-0.05, 0) is 37.3 Å². The number of methoxy groups -OCH3 is 1. The van der Waals surface area contributed by atoms with Crippen molar-refractivity contribution in [3.8, 4) is 5.75 Å². The molecule has 1 atom stereocenters. The molecule has 1 N–H and O–H groups in total. The predicted molar refractivity (Wildman–Crippen MR) is 99.1 cm³/mol. The van der Waals surface area contributed by atoms with Gasteiger partial charge in [0.1, 0.15) is 5.75 Å². The summed E-state index contributed by atoms with van der Waals surface area (Å²) in [4.78, 5) is 36.9. The van der Waals surface area contributed by atoms with Gasteiger partial charge in [-0.25, -0.2) is 0 Å². The average Bonchev–Trinajstić information content (AvgIpc) is 3.02. The summed E-state index contributed by atoms with van der Waals surface area (Å²) in [6.45, 7) is 1.95. The van der Waals surface area contributed by atoms with E-state index in [1.807, 2.05) is 0 Å². The number of nitro benzene ring substituents is 1. The van der Waals surface area contributed by atoms with Crippen LogP contribution in [0.25, 0.3) is 0 Å². The largest absolute Gasteiger partial charge is 0.497 e. The minimum Gasteiger partial charge on any atom is -0.497 e. The molecule has 1 aliphatic rings. The normalized spacial score (nSPS) is 16.3. The van der Waals surface area contributed by atoms with Crippen molar-refractivity contribution in [2.45, 2.75) is 19.4 Å². The first-order valence-electron chi connectivity index (χ1n) is 8.39. The first kappa shape index (κ1) is 18.4. The van der Waals surface area contributed by atoms with Gasteiger partial charge < -0.3 is 15.0 Å². The first-order valence-corrected chi connectivity index (χ1v) is 8.39. The van der Waals surface area contributed by atoms with Gasteiger partial charge >= 0.3 is 0 Å². The van der Waals surface area contributed by atoms with E-state index < -0.39 is 10.8 Å². The van der Waals surface area contributed by atoms with Gasteiger partial charge in [-0.1, -0.05) is 6.07 Å². The van der Waals surface area contributed by atoms with Crippen LogP contribution in [0.15, 0.2) is 42.5 Å². The minimum absolute atomic E-state index is 0.0969. The third-order valence-corrected chi connectivity index (χ3v) is 4.51. The van der Waals surface area contributed by atoms with Gasteiger partial charge in [0.15, 0.2) is 0 Å². The Morgan fingerprint density at radius 1 is 1.26 bits per heavy atom. The van der Waals surface area contributed by atoms with Crippen molar-refractivity contribution in [2.75, 3.05) is 18.6 Å². The number of hydrogen-bond donors (Lipinski definition) is 1. The van der Waals surface area contributed by atoms with Gasteiger partial charge in [0, 0.05) is 35.8 Å². The molecule has 1 heterocycles. The maximum absolute atomic E-state index is 12.4. The van der Waals surface area contributed by atoms with Crippen molar-refractivity contribution >= 4 is 23.2 Å². The quantitative estimate of drug-likeness (QED) is 0.644. The van der Waals surface area contributed by atoms with Crippen molar-refractivity contribution in [3.05, 3.63) is 63.7 Å². The fraction of sp³-hybridized carbons (Fsp3) is 0.263. The Bertz CT molecular complexity index is 895. The smallest absolute Gasteiger partial charge is 0.273 e. The van der Waals surface area contributed by atoms with E-state index in [9.17, 15) is 19.7 Å². The third-order valence-electron chi connectivity index (χ3n) is 4.51. The van der Waals surface area contributed by atoms with Gasteiger partial charge in [0.25, 0.3) is 11.6 Å². The first-order chi connectivity index (χ1) is 12.9. The van der Waals surface area contributed by atoms with Gasteiger partial charge in [0.2, 0.25) is 5.91 Å². The SMILES string of the molecule is COc1ccc(N2C[C@@H](NC(=O)c3ccc(C)c([N+](=O)[O-])c3)CC2=O)cc1. The van der Waals surface area contributed by atoms with Crippen LogP contribution in [0.2, 0.25) is 0 Å². The molecule has 3 rings (SSSR count). The van der Waals surface area contributed by atoms with Crippen LogP contribution < -0.4 is 15.0 Å². The molecule has 0 aliphatic carbocycles. The molecule has 0 saturated carbocycles. The average molecular weight is 369 g/mol. The molecule has 2 aromatic carbocycles. The fourth-order valence-corrected chi connectivity index (χ4v) is 3.03. The standard InChI is InChI=1S/C19H19N3O5/c1-12-3-4-13(9-17(12)22(25)26)19(24)20-14-10-18(23)21(11-14)15-5-7-16(27-2)8-6-15/h3-9,14H,10-11H2,1-2H3,(H,20,24)/t14-/m0/s1. The molecule has 1 saturated heterocycles. The zero-order valence-electron chi connectivity index (χ0n) is 15.0. The lowest BCUT2D eigenvalue weighted by Gasteiger charge is -2.17. The van der Waals surface area contributed by atoms with E-state index in [-0.39, 0.29) is 29.6 Å². The highest BCUT2D eigenvalue weighted by Gasteiger charge is 2.32. The molecule has 0 spiro atoms. The number of aryl methyl sites for hydroxylation is 1. The molecule has 0 bridgehead atoms. The van der Waals surface area contributed by atoms with Gasteiger partial charge in [0.05, 0.1) is 18.1 Å². The second kappa shape index (κ2) is 7.45. The van der Waals surface area contributed by atoms with E-state index in [0.29, 0.717) is 17.9 Å². The van der Waals surface area contributed by atoms with E-state index in [2.05, 4.69) is 5.32 Å². The van der Waals surface area contributed by atoms with E-state index in [4.69, 9.17) is 4.74 Å². The summed E-state index contributed by atoms with van der Waals surface area (Å²) < 4.78 is 5.11. The number of benzene rings is 2. The number of amides is 2. The number of rotatable bonds is 5. The zero-order chi connectivity index (χ0) is 19.6. The van der Waals surface area contributed by atoms with Crippen LogP contribution >= 0.6 is 0 Å². The fourth-order valence-electron chi connectivity index (χ4n) is 3.03. The Morgan fingerprint density at radius 2 is 1.96 bits per heavy atom. The van der Waals surface area contributed by atoms with Crippen LogP contribution in [-0.2, 0) is 4.79 Å². The van der Waals surface area contributed by atoms with E-state index in [0.717, 1.165) is 5.69 Å². The van der Waals surface area contributed by atoms with Crippen LogP contribution in [0.5, 0.6) is 5.75 Å². The van der Waals surface area contributed by atoms with Crippen LogP contribution in [0.4, 0.5) is 11.4 Å². The maximum Gasteiger partial charge on any atom is 0.273 e. The molecule has 8 heteroatoms. The zero-order valence-corrected chi connectivity index (χ0v) is 15.0. The summed E-state index contributed by atoms with van der Waals surface area (Å²) in [6, 6.07) is 11.1. The monoisotopic (exact) mass is 369 g/mol. The van der Waals surface area contributed by atoms with Gasteiger partial charge in [-0.3, -0.25) is 19.7 Å². The highest BCUT2D eigenvalue weighted by atomic mass is 16.6. The summed E-state index contributed by atoms with van der Waals surface area (Å²) in [5, 5.41) is 13.8. The number of nitro groups is 1. The molecule has 0 unspecified atom stereocenters. The number of nitrogens with zero attached hydrogens (tertiary/aromatic N) is 2. The summed E-state index contributed by atoms with van der Waals surface area (Å²) in [5.74, 6) is 0.157. The second-order valence-corrected chi connectivity index (χ2v) is 6.34. The molecular weight excluding hydrogens is 350 g/mol. The molecule has 140 valence electrons. The van der Waals surface area contributed by atoms with Gasteiger partial charge in [-0.2, -0.15) is 0 Å².